The first-order chi connectivity index (χ1) is 13.8. The molecule has 0 aliphatic carbocycles. The van der Waals surface area contributed by atoms with Gasteiger partial charge in [-0.2, -0.15) is 5.10 Å². The van der Waals surface area contributed by atoms with Gasteiger partial charge in [0.1, 0.15) is 0 Å². The summed E-state index contributed by atoms with van der Waals surface area (Å²) in [6, 6.07) is 16.5. The number of aromatic nitrogens is 5. The number of hydrogen-bond donors (Lipinski definition) is 1. The fraction of sp³-hybridized carbons (Fsp3) is 0.227. The van der Waals surface area contributed by atoms with Gasteiger partial charge < -0.3 is 4.98 Å². The summed E-state index contributed by atoms with van der Waals surface area (Å²) in [5.74, 6) is 0. The first kappa shape index (κ1) is 16.9. The van der Waals surface area contributed by atoms with Crippen LogP contribution in [0.5, 0.6) is 0 Å². The van der Waals surface area contributed by atoms with Gasteiger partial charge in [-0.25, -0.2) is 4.98 Å². The highest BCUT2D eigenvalue weighted by Gasteiger charge is 2.32. The van der Waals surface area contributed by atoms with E-state index in [-0.39, 0.29) is 6.04 Å². The second-order valence-electron chi connectivity index (χ2n) is 7.19. The number of benzene rings is 1. The number of imidazole rings is 1. The number of aromatic amines is 1. The molecule has 1 aliphatic heterocycles. The first-order valence-electron chi connectivity index (χ1n) is 9.54. The third-order valence-electron chi connectivity index (χ3n) is 5.32. The van der Waals surface area contributed by atoms with Crippen LogP contribution in [0.2, 0.25) is 0 Å². The van der Waals surface area contributed by atoms with Gasteiger partial charge in [0, 0.05) is 55.8 Å². The number of nitrogens with one attached hydrogen (secondary N) is 1. The summed E-state index contributed by atoms with van der Waals surface area (Å²) in [6.45, 7) is 1.74. The Morgan fingerprint density at radius 3 is 2.75 bits per heavy atom. The van der Waals surface area contributed by atoms with Crippen LogP contribution in [0.1, 0.15) is 28.7 Å². The first-order valence-corrected chi connectivity index (χ1v) is 9.54. The van der Waals surface area contributed by atoms with Crippen LogP contribution >= 0.6 is 0 Å². The topological polar surface area (TPSA) is 62.6 Å². The molecular formula is C22H22N6. The van der Waals surface area contributed by atoms with Gasteiger partial charge >= 0.3 is 0 Å². The molecule has 140 valence electrons. The van der Waals surface area contributed by atoms with Crippen LogP contribution in [-0.4, -0.2) is 36.2 Å². The van der Waals surface area contributed by atoms with E-state index in [0.717, 1.165) is 42.2 Å². The molecule has 0 spiro atoms. The fourth-order valence-corrected chi connectivity index (χ4v) is 4.07. The maximum absolute atomic E-state index is 4.73. The fourth-order valence-electron chi connectivity index (χ4n) is 4.07. The number of H-pyrrole nitrogens is 1. The number of nitrogens with zero attached hydrogens (tertiary/aromatic N) is 5. The van der Waals surface area contributed by atoms with Crippen molar-refractivity contribution in [3.63, 3.8) is 0 Å². The van der Waals surface area contributed by atoms with Gasteiger partial charge in [-0.05, 0) is 12.1 Å². The highest BCUT2D eigenvalue weighted by atomic mass is 15.3. The molecule has 0 fully saturated rings. The summed E-state index contributed by atoms with van der Waals surface area (Å²) in [5.41, 5.74) is 6.71. The minimum Gasteiger partial charge on any atom is -0.348 e. The standard InChI is InChI=1S/C22H22N6/c1-27-13-17(20(26-27)16-7-3-2-4-8-16)14-28-12-10-18-21(25-15-24-18)22(28)19-9-5-6-11-23-19/h2-9,11,13,15,22H,10,12,14H2,1H3,(H,24,25)/t22-/m0/s1. The van der Waals surface area contributed by atoms with Gasteiger partial charge in [-0.15, -0.1) is 0 Å². The summed E-state index contributed by atoms with van der Waals surface area (Å²) >= 11 is 0. The van der Waals surface area contributed by atoms with Crippen molar-refractivity contribution < 1.29 is 0 Å². The summed E-state index contributed by atoms with van der Waals surface area (Å²) in [6.07, 6.45) is 6.73. The third kappa shape index (κ3) is 3.01. The van der Waals surface area contributed by atoms with E-state index in [1.165, 1.54) is 11.3 Å². The SMILES string of the molecule is Cn1cc(CN2CCc3[nH]cnc3[C@@H]2c2ccccn2)c(-c2ccccc2)n1. The summed E-state index contributed by atoms with van der Waals surface area (Å²) in [7, 11) is 1.98. The van der Waals surface area contributed by atoms with Crippen LogP contribution in [0.25, 0.3) is 11.3 Å². The van der Waals surface area contributed by atoms with E-state index in [2.05, 4.69) is 56.4 Å². The van der Waals surface area contributed by atoms with Crippen molar-refractivity contribution in [2.24, 2.45) is 7.05 Å². The monoisotopic (exact) mass is 370 g/mol. The Bertz CT molecular complexity index is 1070. The maximum Gasteiger partial charge on any atom is 0.0971 e. The molecule has 0 radical (unpaired) electrons. The number of fused-ring (bicyclic) bond motifs is 1. The molecule has 4 heterocycles. The number of aryl methyl sites for hydroxylation is 1. The average molecular weight is 370 g/mol. The molecule has 1 aliphatic rings. The average Bonchev–Trinajstić information content (AvgIpc) is 3.35. The molecule has 0 bridgehead atoms. The molecule has 3 aromatic heterocycles. The number of pyridine rings is 1. The van der Waals surface area contributed by atoms with Crippen LogP contribution in [0.15, 0.2) is 67.3 Å². The van der Waals surface area contributed by atoms with Crippen molar-refractivity contribution in [1.29, 1.82) is 0 Å². The van der Waals surface area contributed by atoms with Crippen LogP contribution in [0, 0.1) is 0 Å². The molecule has 1 atom stereocenters. The lowest BCUT2D eigenvalue weighted by Crippen LogP contribution is -2.36. The van der Waals surface area contributed by atoms with Gasteiger partial charge in [-0.1, -0.05) is 36.4 Å². The van der Waals surface area contributed by atoms with Crippen molar-refractivity contribution in [2.75, 3.05) is 6.54 Å². The van der Waals surface area contributed by atoms with Gasteiger partial charge in [0.05, 0.1) is 29.5 Å². The maximum atomic E-state index is 4.73. The van der Waals surface area contributed by atoms with E-state index in [1.807, 2.05) is 36.1 Å². The van der Waals surface area contributed by atoms with E-state index >= 15 is 0 Å². The predicted molar refractivity (Wildman–Crippen MR) is 107 cm³/mol. The molecule has 28 heavy (non-hydrogen) atoms. The quantitative estimate of drug-likeness (QED) is 0.598. The molecule has 0 saturated carbocycles. The second-order valence-corrected chi connectivity index (χ2v) is 7.19. The van der Waals surface area contributed by atoms with Gasteiger partial charge in [0.25, 0.3) is 0 Å². The summed E-state index contributed by atoms with van der Waals surface area (Å²) in [5, 5.41) is 4.73. The lowest BCUT2D eigenvalue weighted by Gasteiger charge is -2.34. The second kappa shape index (κ2) is 7.05. The van der Waals surface area contributed by atoms with Crippen LogP contribution in [0.3, 0.4) is 0 Å². The molecule has 6 heteroatoms. The molecule has 1 aromatic carbocycles. The zero-order valence-electron chi connectivity index (χ0n) is 15.8. The van der Waals surface area contributed by atoms with Gasteiger partial charge in [-0.3, -0.25) is 14.6 Å². The Hall–Kier alpha value is -3.25. The van der Waals surface area contributed by atoms with Crippen molar-refractivity contribution >= 4 is 0 Å². The van der Waals surface area contributed by atoms with Crippen LogP contribution < -0.4 is 0 Å². The third-order valence-corrected chi connectivity index (χ3v) is 5.32. The Labute approximate surface area is 163 Å². The summed E-state index contributed by atoms with van der Waals surface area (Å²) < 4.78 is 1.90. The Morgan fingerprint density at radius 1 is 1.07 bits per heavy atom. The highest BCUT2D eigenvalue weighted by Crippen LogP contribution is 2.34. The van der Waals surface area contributed by atoms with E-state index in [9.17, 15) is 0 Å². The molecule has 6 nitrogen and oxygen atoms in total. The van der Waals surface area contributed by atoms with E-state index in [1.54, 1.807) is 6.33 Å². The Balaban J connectivity index is 1.53. The minimum atomic E-state index is 0.0417. The number of rotatable bonds is 4. The van der Waals surface area contributed by atoms with Gasteiger partial charge in [0.15, 0.2) is 0 Å². The van der Waals surface area contributed by atoms with Crippen molar-refractivity contribution in [3.05, 3.63) is 89.9 Å². The molecule has 5 rings (SSSR count). The van der Waals surface area contributed by atoms with Crippen LogP contribution in [0.4, 0.5) is 0 Å². The Kier molecular flexibility index (Phi) is 4.25. The van der Waals surface area contributed by atoms with Crippen molar-refractivity contribution in [1.82, 2.24) is 29.6 Å². The van der Waals surface area contributed by atoms with Crippen LogP contribution in [-0.2, 0) is 20.0 Å². The van der Waals surface area contributed by atoms with Gasteiger partial charge in [0.2, 0.25) is 0 Å². The van der Waals surface area contributed by atoms with E-state index in [4.69, 9.17) is 5.10 Å². The molecule has 0 saturated heterocycles. The zero-order valence-corrected chi connectivity index (χ0v) is 15.8. The molecular weight excluding hydrogens is 348 g/mol. The largest absolute Gasteiger partial charge is 0.348 e. The zero-order chi connectivity index (χ0) is 18.9. The highest BCUT2D eigenvalue weighted by molar-refractivity contribution is 5.62. The Morgan fingerprint density at radius 2 is 1.93 bits per heavy atom. The van der Waals surface area contributed by atoms with E-state index in [0.29, 0.717) is 0 Å². The smallest absolute Gasteiger partial charge is 0.0971 e. The molecule has 1 N–H and O–H groups in total. The normalized spacial score (nSPS) is 16.8. The van der Waals surface area contributed by atoms with Crippen molar-refractivity contribution in [3.8, 4) is 11.3 Å². The summed E-state index contributed by atoms with van der Waals surface area (Å²) in [4.78, 5) is 15.0. The molecule has 4 aromatic rings. The minimum absolute atomic E-state index is 0.0417. The molecule has 0 unspecified atom stereocenters. The predicted octanol–water partition coefficient (Wildman–Crippen LogP) is 3.35. The van der Waals surface area contributed by atoms with Crippen molar-refractivity contribution in [2.45, 2.75) is 19.0 Å². The molecule has 0 amide bonds. The van der Waals surface area contributed by atoms with E-state index < -0.39 is 0 Å². The number of hydrogen-bond acceptors (Lipinski definition) is 4. The lowest BCUT2D eigenvalue weighted by molar-refractivity contribution is 0.197. The lowest BCUT2D eigenvalue weighted by atomic mass is 9.98.